The number of amides is 2. The quantitative estimate of drug-likeness (QED) is 0.756. The molecule has 3 atom stereocenters. The molecule has 5 heteroatoms. The average molecular weight is 286 g/mol. The molecule has 0 bridgehead atoms. The lowest BCUT2D eigenvalue weighted by molar-refractivity contribution is -0.125. The zero-order valence-corrected chi connectivity index (χ0v) is 13.8. The molecule has 0 fully saturated rings. The predicted octanol–water partition coefficient (Wildman–Crippen LogP) is 2.55. The van der Waals surface area contributed by atoms with Crippen LogP contribution in [0.3, 0.4) is 0 Å². The van der Waals surface area contributed by atoms with E-state index in [2.05, 4.69) is 43.1 Å². The maximum absolute atomic E-state index is 12.4. The Hall–Kier alpha value is -1.26. The fourth-order valence-corrected chi connectivity index (χ4v) is 2.19. The SMILES string of the molecule is CCC(C)[C@H](NC(=O)[C@@H](NC(=O)OC)C(C)C)C(C)C. The van der Waals surface area contributed by atoms with Crippen molar-refractivity contribution in [3.63, 3.8) is 0 Å². The van der Waals surface area contributed by atoms with Gasteiger partial charge in [-0.2, -0.15) is 0 Å². The molecular formula is C15H30N2O3. The molecule has 0 aromatic rings. The monoisotopic (exact) mass is 286 g/mol. The van der Waals surface area contributed by atoms with Crippen molar-refractivity contribution in [1.29, 1.82) is 0 Å². The van der Waals surface area contributed by atoms with E-state index in [1.165, 1.54) is 7.11 Å². The van der Waals surface area contributed by atoms with Gasteiger partial charge in [-0.3, -0.25) is 4.79 Å². The van der Waals surface area contributed by atoms with Crippen molar-refractivity contribution in [2.75, 3.05) is 7.11 Å². The van der Waals surface area contributed by atoms with Gasteiger partial charge in [0.2, 0.25) is 5.91 Å². The first kappa shape index (κ1) is 18.7. The third-order valence-corrected chi connectivity index (χ3v) is 3.69. The molecule has 0 rings (SSSR count). The Bertz CT molecular complexity index is 316. The molecule has 0 saturated heterocycles. The largest absolute Gasteiger partial charge is 0.453 e. The summed E-state index contributed by atoms with van der Waals surface area (Å²) in [5, 5.41) is 5.66. The number of rotatable bonds is 7. The minimum Gasteiger partial charge on any atom is -0.453 e. The number of ether oxygens (including phenoxy) is 1. The molecule has 5 nitrogen and oxygen atoms in total. The van der Waals surface area contributed by atoms with Crippen LogP contribution in [0, 0.1) is 17.8 Å². The van der Waals surface area contributed by atoms with Gasteiger partial charge >= 0.3 is 6.09 Å². The molecule has 0 aliphatic carbocycles. The Balaban J connectivity index is 4.84. The molecule has 0 heterocycles. The van der Waals surface area contributed by atoms with E-state index in [9.17, 15) is 9.59 Å². The second-order valence-corrected chi connectivity index (χ2v) is 6.02. The highest BCUT2D eigenvalue weighted by Crippen LogP contribution is 2.16. The lowest BCUT2D eigenvalue weighted by Gasteiger charge is -2.30. The number of carbonyl (C=O) groups excluding carboxylic acids is 2. The minimum atomic E-state index is -0.580. The van der Waals surface area contributed by atoms with Gasteiger partial charge in [-0.05, 0) is 17.8 Å². The number of hydrogen-bond acceptors (Lipinski definition) is 3. The highest BCUT2D eigenvalue weighted by atomic mass is 16.5. The van der Waals surface area contributed by atoms with Crippen molar-refractivity contribution in [2.45, 2.75) is 60.0 Å². The Morgan fingerprint density at radius 2 is 1.55 bits per heavy atom. The van der Waals surface area contributed by atoms with Crippen LogP contribution >= 0.6 is 0 Å². The predicted molar refractivity (Wildman–Crippen MR) is 80.4 cm³/mol. The van der Waals surface area contributed by atoms with Gasteiger partial charge in [0.05, 0.1) is 7.11 Å². The standard InChI is InChI=1S/C15H30N2O3/c1-8-11(6)12(9(2)3)16-14(18)13(10(4)5)17-15(19)20-7/h9-13H,8H2,1-7H3,(H,16,18)(H,17,19)/t11?,12-,13+/m1/s1. The van der Waals surface area contributed by atoms with Crippen LogP contribution in [-0.2, 0) is 9.53 Å². The summed E-state index contributed by atoms with van der Waals surface area (Å²) in [6.07, 6.45) is 0.420. The van der Waals surface area contributed by atoms with E-state index in [0.717, 1.165) is 6.42 Å². The summed E-state index contributed by atoms with van der Waals surface area (Å²) in [4.78, 5) is 23.7. The number of methoxy groups -OCH3 is 1. The normalized spacial score (nSPS) is 15.7. The summed E-state index contributed by atoms with van der Waals surface area (Å²) in [5.74, 6) is 0.591. The van der Waals surface area contributed by atoms with Crippen molar-refractivity contribution < 1.29 is 14.3 Å². The summed E-state index contributed by atoms with van der Waals surface area (Å²) < 4.78 is 4.57. The summed E-state index contributed by atoms with van der Waals surface area (Å²) >= 11 is 0. The van der Waals surface area contributed by atoms with Crippen LogP contribution < -0.4 is 10.6 Å². The number of hydrogen-bond donors (Lipinski definition) is 2. The summed E-state index contributed by atoms with van der Waals surface area (Å²) in [5.41, 5.74) is 0. The summed E-state index contributed by atoms with van der Waals surface area (Å²) in [7, 11) is 1.29. The molecule has 0 saturated carbocycles. The lowest BCUT2D eigenvalue weighted by atomic mass is 9.89. The topological polar surface area (TPSA) is 67.4 Å². The smallest absolute Gasteiger partial charge is 0.407 e. The van der Waals surface area contributed by atoms with Gasteiger partial charge in [-0.15, -0.1) is 0 Å². The van der Waals surface area contributed by atoms with Gasteiger partial charge in [0.1, 0.15) is 6.04 Å². The molecule has 2 N–H and O–H groups in total. The fourth-order valence-electron chi connectivity index (χ4n) is 2.19. The van der Waals surface area contributed by atoms with Gasteiger partial charge in [-0.25, -0.2) is 4.79 Å². The number of nitrogens with one attached hydrogen (secondary N) is 2. The molecule has 0 aliphatic rings. The Labute approximate surface area is 122 Å². The molecule has 20 heavy (non-hydrogen) atoms. The first-order valence-corrected chi connectivity index (χ1v) is 7.39. The molecule has 118 valence electrons. The van der Waals surface area contributed by atoms with Gasteiger partial charge in [0.15, 0.2) is 0 Å². The molecule has 1 unspecified atom stereocenters. The zero-order chi connectivity index (χ0) is 15.9. The van der Waals surface area contributed by atoms with Gasteiger partial charge in [0.25, 0.3) is 0 Å². The first-order valence-electron chi connectivity index (χ1n) is 7.39. The molecule has 2 amide bonds. The van der Waals surface area contributed by atoms with Gasteiger partial charge < -0.3 is 15.4 Å². The van der Waals surface area contributed by atoms with Crippen molar-refractivity contribution in [2.24, 2.45) is 17.8 Å². The van der Waals surface area contributed by atoms with E-state index in [-0.39, 0.29) is 17.9 Å². The second-order valence-electron chi connectivity index (χ2n) is 6.02. The highest BCUT2D eigenvalue weighted by molar-refractivity contribution is 5.86. The van der Waals surface area contributed by atoms with Crippen LogP contribution in [0.15, 0.2) is 0 Å². The van der Waals surface area contributed by atoms with Gasteiger partial charge in [0, 0.05) is 6.04 Å². The first-order chi connectivity index (χ1) is 9.24. The van der Waals surface area contributed by atoms with Crippen molar-refractivity contribution >= 4 is 12.0 Å². The molecule has 0 aliphatic heterocycles. The Kier molecular flexibility index (Phi) is 8.26. The van der Waals surface area contributed by atoms with Crippen LogP contribution in [0.4, 0.5) is 4.79 Å². The minimum absolute atomic E-state index is 0.00107. The summed E-state index contributed by atoms with van der Waals surface area (Å²) in [6.45, 7) is 12.2. The van der Waals surface area contributed by atoms with Crippen LogP contribution in [0.1, 0.15) is 48.0 Å². The number of carbonyl (C=O) groups is 2. The van der Waals surface area contributed by atoms with Gasteiger partial charge in [-0.1, -0.05) is 48.0 Å². The van der Waals surface area contributed by atoms with Crippen LogP contribution in [0.25, 0.3) is 0 Å². The van der Waals surface area contributed by atoms with Crippen molar-refractivity contribution in [3.8, 4) is 0 Å². The average Bonchev–Trinajstić information content (AvgIpc) is 2.39. The Morgan fingerprint density at radius 1 is 1.00 bits per heavy atom. The second kappa shape index (κ2) is 8.82. The van der Waals surface area contributed by atoms with Crippen LogP contribution in [-0.4, -0.2) is 31.2 Å². The molecular weight excluding hydrogens is 256 g/mol. The van der Waals surface area contributed by atoms with E-state index >= 15 is 0 Å². The highest BCUT2D eigenvalue weighted by Gasteiger charge is 2.29. The van der Waals surface area contributed by atoms with E-state index in [0.29, 0.717) is 11.8 Å². The summed E-state index contributed by atoms with van der Waals surface area (Å²) in [6, 6.07) is -0.471. The van der Waals surface area contributed by atoms with E-state index in [1.54, 1.807) is 0 Å². The van der Waals surface area contributed by atoms with Crippen molar-refractivity contribution in [1.82, 2.24) is 10.6 Å². The lowest BCUT2D eigenvalue weighted by Crippen LogP contribution is -2.54. The van der Waals surface area contributed by atoms with Crippen LogP contribution in [0.2, 0.25) is 0 Å². The fraction of sp³-hybridized carbons (Fsp3) is 0.867. The molecule has 0 spiro atoms. The molecule has 0 radical (unpaired) electrons. The van der Waals surface area contributed by atoms with Crippen LogP contribution in [0.5, 0.6) is 0 Å². The Morgan fingerprint density at radius 3 is 1.90 bits per heavy atom. The molecule has 0 aromatic heterocycles. The third-order valence-electron chi connectivity index (χ3n) is 3.69. The van der Waals surface area contributed by atoms with E-state index < -0.39 is 12.1 Å². The number of alkyl carbamates (subject to hydrolysis) is 1. The van der Waals surface area contributed by atoms with Crippen molar-refractivity contribution in [3.05, 3.63) is 0 Å². The maximum atomic E-state index is 12.4. The van der Waals surface area contributed by atoms with E-state index in [1.807, 2.05) is 13.8 Å². The molecule has 0 aromatic carbocycles. The third kappa shape index (κ3) is 5.80. The zero-order valence-electron chi connectivity index (χ0n) is 13.8. The maximum Gasteiger partial charge on any atom is 0.407 e. The van der Waals surface area contributed by atoms with E-state index in [4.69, 9.17) is 0 Å².